The van der Waals surface area contributed by atoms with Crippen LogP contribution in [-0.4, -0.2) is 11.9 Å². The van der Waals surface area contributed by atoms with E-state index < -0.39 is 11.9 Å². The average molecular weight is 414 g/mol. The number of carbonyl (C=O) groups excluding carboxylic acids is 2. The van der Waals surface area contributed by atoms with E-state index in [1.165, 1.54) is 31.2 Å². The molecule has 0 N–H and O–H groups in total. The Bertz CT molecular complexity index is 681. The second kappa shape index (κ2) is 6.87. The fourth-order valence-electron chi connectivity index (χ4n) is 1.54. The van der Waals surface area contributed by atoms with Gasteiger partial charge in [0.05, 0.1) is 10.0 Å². The minimum absolute atomic E-state index is 0.362. The molecule has 0 fully saturated rings. The number of rotatable bonds is 3. The molecular formula is C15H10Br2O4. The first-order chi connectivity index (χ1) is 9.95. The first kappa shape index (κ1) is 15.7. The Morgan fingerprint density at radius 2 is 1.62 bits per heavy atom. The van der Waals surface area contributed by atoms with Crippen molar-refractivity contribution < 1.29 is 19.1 Å². The summed E-state index contributed by atoms with van der Waals surface area (Å²) in [6, 6.07) is 11.4. The minimum atomic E-state index is -0.493. The molecule has 2 aromatic carbocycles. The number of hydrogen-bond acceptors (Lipinski definition) is 4. The van der Waals surface area contributed by atoms with Crippen LogP contribution in [0.1, 0.15) is 17.3 Å². The first-order valence-electron chi connectivity index (χ1n) is 5.91. The molecule has 2 rings (SSSR count). The van der Waals surface area contributed by atoms with Crippen molar-refractivity contribution >= 4 is 43.8 Å². The highest BCUT2D eigenvalue weighted by molar-refractivity contribution is 9.11. The van der Waals surface area contributed by atoms with E-state index in [1.807, 2.05) is 0 Å². The average Bonchev–Trinajstić information content (AvgIpc) is 2.42. The molecule has 0 atom stereocenters. The lowest BCUT2D eigenvalue weighted by Crippen LogP contribution is -2.09. The van der Waals surface area contributed by atoms with E-state index in [4.69, 9.17) is 9.47 Å². The number of carbonyl (C=O) groups is 2. The summed E-state index contributed by atoms with van der Waals surface area (Å²) in [5.41, 5.74) is 0.362. The van der Waals surface area contributed by atoms with E-state index in [0.717, 1.165) is 4.47 Å². The van der Waals surface area contributed by atoms with Crippen molar-refractivity contribution in [1.82, 2.24) is 0 Å². The molecule has 0 aromatic heterocycles. The normalized spacial score (nSPS) is 10.0. The third kappa shape index (κ3) is 4.41. The zero-order valence-corrected chi connectivity index (χ0v) is 14.1. The Hall–Kier alpha value is -1.66. The van der Waals surface area contributed by atoms with Crippen LogP contribution in [0.25, 0.3) is 0 Å². The fraction of sp³-hybridized carbons (Fsp3) is 0.0667. The van der Waals surface area contributed by atoms with Crippen molar-refractivity contribution in [3.63, 3.8) is 0 Å². The van der Waals surface area contributed by atoms with E-state index in [0.29, 0.717) is 21.5 Å². The van der Waals surface area contributed by atoms with Crippen molar-refractivity contribution in [2.24, 2.45) is 0 Å². The molecule has 0 radical (unpaired) electrons. The molecule has 2 aromatic rings. The SMILES string of the molecule is CC(=O)Oc1ccc(C(=O)Oc2ccc(Br)cc2Br)cc1. The molecule has 21 heavy (non-hydrogen) atoms. The molecule has 108 valence electrons. The number of ether oxygens (including phenoxy) is 2. The van der Waals surface area contributed by atoms with Gasteiger partial charge >= 0.3 is 11.9 Å². The summed E-state index contributed by atoms with van der Waals surface area (Å²) in [5, 5.41) is 0. The molecule has 4 nitrogen and oxygen atoms in total. The molecule has 0 spiro atoms. The third-order valence-electron chi connectivity index (χ3n) is 2.45. The Morgan fingerprint density at radius 3 is 2.19 bits per heavy atom. The predicted molar refractivity (Wildman–Crippen MR) is 84.6 cm³/mol. The first-order valence-corrected chi connectivity index (χ1v) is 7.50. The van der Waals surface area contributed by atoms with Crippen molar-refractivity contribution in [2.45, 2.75) is 6.92 Å². The van der Waals surface area contributed by atoms with E-state index in [1.54, 1.807) is 18.2 Å². The molecular weight excluding hydrogens is 404 g/mol. The number of halogens is 2. The van der Waals surface area contributed by atoms with Crippen molar-refractivity contribution in [3.05, 3.63) is 57.0 Å². The molecule has 6 heteroatoms. The molecule has 0 aliphatic rings. The Kier molecular flexibility index (Phi) is 5.14. The summed E-state index contributed by atoms with van der Waals surface area (Å²) in [7, 11) is 0. The van der Waals surface area contributed by atoms with Crippen LogP contribution in [0.15, 0.2) is 51.4 Å². The lowest BCUT2D eigenvalue weighted by molar-refractivity contribution is -0.131. The third-order valence-corrected chi connectivity index (χ3v) is 3.56. The summed E-state index contributed by atoms with van der Waals surface area (Å²) in [6.45, 7) is 1.31. The zero-order chi connectivity index (χ0) is 15.4. The molecule has 0 aliphatic carbocycles. The molecule has 0 heterocycles. The van der Waals surface area contributed by atoms with Crippen molar-refractivity contribution in [1.29, 1.82) is 0 Å². The second-order valence-electron chi connectivity index (χ2n) is 4.08. The summed E-state index contributed by atoms with van der Waals surface area (Å²) < 4.78 is 11.7. The molecule has 0 saturated heterocycles. The van der Waals surface area contributed by atoms with Crippen LogP contribution in [0.2, 0.25) is 0 Å². The van der Waals surface area contributed by atoms with Crippen LogP contribution in [0.3, 0.4) is 0 Å². The maximum absolute atomic E-state index is 12.0. The fourth-order valence-corrected chi connectivity index (χ4v) is 2.67. The molecule has 0 aliphatic heterocycles. The maximum Gasteiger partial charge on any atom is 0.343 e. The predicted octanol–water partition coefficient (Wildman–Crippen LogP) is 4.36. The van der Waals surface area contributed by atoms with Gasteiger partial charge in [-0.05, 0) is 58.4 Å². The highest BCUT2D eigenvalue weighted by Gasteiger charge is 2.11. The molecule has 0 unspecified atom stereocenters. The van der Waals surface area contributed by atoms with Gasteiger partial charge in [0, 0.05) is 11.4 Å². The van der Waals surface area contributed by atoms with Crippen LogP contribution >= 0.6 is 31.9 Å². The highest BCUT2D eigenvalue weighted by Crippen LogP contribution is 2.29. The Balaban J connectivity index is 2.11. The number of esters is 2. The standard InChI is InChI=1S/C15H10Br2O4/c1-9(18)20-12-5-2-10(3-6-12)15(19)21-14-7-4-11(16)8-13(14)17/h2-8H,1H3. The summed E-state index contributed by atoms with van der Waals surface area (Å²) >= 11 is 6.65. The quantitative estimate of drug-likeness (QED) is 0.554. The second-order valence-corrected chi connectivity index (χ2v) is 5.85. The number of benzene rings is 2. The molecule has 0 bridgehead atoms. The number of hydrogen-bond donors (Lipinski definition) is 0. The lowest BCUT2D eigenvalue weighted by Gasteiger charge is -2.07. The smallest absolute Gasteiger partial charge is 0.343 e. The summed E-state index contributed by atoms with van der Waals surface area (Å²) in [6.07, 6.45) is 0. The monoisotopic (exact) mass is 412 g/mol. The van der Waals surface area contributed by atoms with Gasteiger partial charge in [0.25, 0.3) is 0 Å². The summed E-state index contributed by atoms with van der Waals surface area (Å²) in [4.78, 5) is 22.8. The van der Waals surface area contributed by atoms with Gasteiger partial charge in [-0.1, -0.05) is 15.9 Å². The van der Waals surface area contributed by atoms with Crippen LogP contribution < -0.4 is 9.47 Å². The van der Waals surface area contributed by atoms with Gasteiger partial charge in [0.1, 0.15) is 11.5 Å². The largest absolute Gasteiger partial charge is 0.427 e. The van der Waals surface area contributed by atoms with Crippen LogP contribution in [0.5, 0.6) is 11.5 Å². The van der Waals surface area contributed by atoms with Gasteiger partial charge in [-0.3, -0.25) is 4.79 Å². The van der Waals surface area contributed by atoms with Crippen molar-refractivity contribution in [3.8, 4) is 11.5 Å². The van der Waals surface area contributed by atoms with E-state index in [-0.39, 0.29) is 0 Å². The van der Waals surface area contributed by atoms with E-state index >= 15 is 0 Å². The Labute approximate surface area is 138 Å². The van der Waals surface area contributed by atoms with Gasteiger partial charge in [0.15, 0.2) is 0 Å². The topological polar surface area (TPSA) is 52.6 Å². The lowest BCUT2D eigenvalue weighted by atomic mass is 10.2. The van der Waals surface area contributed by atoms with Crippen molar-refractivity contribution in [2.75, 3.05) is 0 Å². The Morgan fingerprint density at radius 1 is 0.952 bits per heavy atom. The van der Waals surface area contributed by atoms with E-state index in [9.17, 15) is 9.59 Å². The molecule has 0 amide bonds. The van der Waals surface area contributed by atoms with Crippen LogP contribution in [-0.2, 0) is 4.79 Å². The molecule has 0 saturated carbocycles. The van der Waals surface area contributed by atoms with Gasteiger partial charge in [0.2, 0.25) is 0 Å². The zero-order valence-electron chi connectivity index (χ0n) is 10.9. The van der Waals surface area contributed by atoms with Crippen LogP contribution in [0, 0.1) is 0 Å². The van der Waals surface area contributed by atoms with Gasteiger partial charge in [-0.25, -0.2) is 4.79 Å². The highest BCUT2D eigenvalue weighted by atomic mass is 79.9. The minimum Gasteiger partial charge on any atom is -0.427 e. The van der Waals surface area contributed by atoms with Gasteiger partial charge in [-0.15, -0.1) is 0 Å². The van der Waals surface area contributed by atoms with Gasteiger partial charge < -0.3 is 9.47 Å². The van der Waals surface area contributed by atoms with Gasteiger partial charge in [-0.2, -0.15) is 0 Å². The maximum atomic E-state index is 12.0. The summed E-state index contributed by atoms with van der Waals surface area (Å²) in [5.74, 6) is -0.104. The van der Waals surface area contributed by atoms with E-state index in [2.05, 4.69) is 31.9 Å². The van der Waals surface area contributed by atoms with Crippen LogP contribution in [0.4, 0.5) is 0 Å².